The summed E-state index contributed by atoms with van der Waals surface area (Å²) in [6, 6.07) is 11.9. The predicted octanol–water partition coefficient (Wildman–Crippen LogP) is 3.66. The lowest BCUT2D eigenvalue weighted by Crippen LogP contribution is -2.57. The molecular formula is C24H25F2N5O2. The van der Waals surface area contributed by atoms with Crippen molar-refractivity contribution in [1.29, 1.82) is 0 Å². The second-order valence-electron chi connectivity index (χ2n) is 8.75. The molecule has 3 heterocycles. The third kappa shape index (κ3) is 4.46. The van der Waals surface area contributed by atoms with E-state index in [1.165, 1.54) is 6.07 Å². The van der Waals surface area contributed by atoms with Crippen LogP contribution in [-0.4, -0.2) is 49.8 Å². The Morgan fingerprint density at radius 3 is 2.76 bits per heavy atom. The summed E-state index contributed by atoms with van der Waals surface area (Å²) in [6.45, 7) is 2.48. The number of benzene rings is 2. The van der Waals surface area contributed by atoms with Crippen LogP contribution < -0.4 is 5.32 Å². The van der Waals surface area contributed by atoms with Crippen LogP contribution in [0.1, 0.15) is 34.8 Å². The van der Waals surface area contributed by atoms with Crippen LogP contribution >= 0.6 is 0 Å². The quantitative estimate of drug-likeness (QED) is 0.549. The van der Waals surface area contributed by atoms with Crippen molar-refractivity contribution in [3.63, 3.8) is 0 Å². The lowest BCUT2D eigenvalue weighted by molar-refractivity contribution is 0.0266. The van der Waals surface area contributed by atoms with Gasteiger partial charge in [-0.1, -0.05) is 30.3 Å². The largest absolute Gasteiger partial charge is 0.465 e. The fraction of sp³-hybridized carbons (Fsp3) is 0.333. The fourth-order valence-electron chi connectivity index (χ4n) is 5.18. The van der Waals surface area contributed by atoms with Crippen LogP contribution in [-0.2, 0) is 19.6 Å². The van der Waals surface area contributed by atoms with Gasteiger partial charge in [-0.2, -0.15) is 5.10 Å². The second kappa shape index (κ2) is 8.92. The van der Waals surface area contributed by atoms with Crippen molar-refractivity contribution in [2.24, 2.45) is 0 Å². The molecule has 1 amide bonds. The molecule has 3 aromatic rings. The molecule has 33 heavy (non-hydrogen) atoms. The van der Waals surface area contributed by atoms with E-state index in [0.29, 0.717) is 32.6 Å². The summed E-state index contributed by atoms with van der Waals surface area (Å²) >= 11 is 0. The molecule has 5 rings (SSSR count). The molecule has 2 aromatic carbocycles. The van der Waals surface area contributed by atoms with Gasteiger partial charge in [0.1, 0.15) is 11.6 Å². The van der Waals surface area contributed by atoms with Gasteiger partial charge in [0.25, 0.3) is 0 Å². The van der Waals surface area contributed by atoms with Gasteiger partial charge in [-0.15, -0.1) is 0 Å². The maximum atomic E-state index is 14.9. The Morgan fingerprint density at radius 1 is 1.18 bits per heavy atom. The molecule has 0 aliphatic carbocycles. The Morgan fingerprint density at radius 2 is 2.00 bits per heavy atom. The van der Waals surface area contributed by atoms with Crippen molar-refractivity contribution in [2.75, 3.05) is 6.54 Å². The summed E-state index contributed by atoms with van der Waals surface area (Å²) in [4.78, 5) is 16.1. The first-order chi connectivity index (χ1) is 16.0. The molecule has 3 N–H and O–H groups in total. The Kier molecular flexibility index (Phi) is 5.82. The van der Waals surface area contributed by atoms with Gasteiger partial charge in [-0.05, 0) is 30.2 Å². The highest BCUT2D eigenvalue weighted by Gasteiger charge is 2.42. The van der Waals surface area contributed by atoms with E-state index in [2.05, 4.69) is 25.3 Å². The molecule has 7 nitrogen and oxygen atoms in total. The minimum absolute atomic E-state index is 0.0271. The zero-order valence-corrected chi connectivity index (χ0v) is 17.9. The van der Waals surface area contributed by atoms with Crippen LogP contribution in [0, 0.1) is 11.6 Å². The number of likely N-dealkylation sites (tertiary alicyclic amines) is 1. The summed E-state index contributed by atoms with van der Waals surface area (Å²) < 4.78 is 29.1. The number of carboxylic acid groups (broad SMARTS) is 1. The first-order valence-electron chi connectivity index (χ1n) is 11.0. The number of H-pyrrole nitrogens is 1. The first kappa shape index (κ1) is 21.5. The highest BCUT2D eigenvalue weighted by molar-refractivity contribution is 5.65. The van der Waals surface area contributed by atoms with E-state index in [0.717, 1.165) is 29.0 Å². The van der Waals surface area contributed by atoms with Gasteiger partial charge in [0.05, 0.1) is 24.0 Å². The number of aromatic nitrogens is 2. The Bertz CT molecular complexity index is 1120. The van der Waals surface area contributed by atoms with E-state index in [1.807, 2.05) is 36.5 Å². The second-order valence-corrected chi connectivity index (χ2v) is 8.75. The van der Waals surface area contributed by atoms with E-state index in [9.17, 15) is 18.7 Å². The third-order valence-electron chi connectivity index (χ3n) is 6.62. The Balaban J connectivity index is 1.50. The third-order valence-corrected chi connectivity index (χ3v) is 6.62. The average Bonchev–Trinajstić information content (AvgIpc) is 3.38. The van der Waals surface area contributed by atoms with E-state index >= 15 is 0 Å². The molecule has 1 aromatic heterocycles. The smallest absolute Gasteiger partial charge is 0.404 e. The van der Waals surface area contributed by atoms with Crippen LogP contribution in [0.2, 0.25) is 0 Å². The normalized spacial score (nSPS) is 23.4. The molecule has 172 valence electrons. The molecule has 0 unspecified atom stereocenters. The zero-order chi connectivity index (χ0) is 22.9. The molecule has 3 atom stereocenters. The SMILES string of the molecule is O=C(O)N[C@H]1C[C@@H](N2Cc3cn[nH]c3C2)CN(Cc2ccccc2)[C@H]1c1cc(F)ccc1F. The van der Waals surface area contributed by atoms with Gasteiger partial charge >= 0.3 is 6.09 Å². The number of nitrogens with zero attached hydrogens (tertiary/aromatic N) is 3. The minimum atomic E-state index is -1.18. The monoisotopic (exact) mass is 453 g/mol. The summed E-state index contributed by atoms with van der Waals surface area (Å²) in [5.74, 6) is -1.09. The van der Waals surface area contributed by atoms with E-state index in [4.69, 9.17) is 0 Å². The Labute approximate surface area is 190 Å². The molecule has 2 aliphatic heterocycles. The standard InChI is InChI=1S/C24H25F2N5O2/c25-17-6-7-20(26)19(8-17)23-21(28-24(32)33)9-18(30-12-16-10-27-29-22(16)14-30)13-31(23)11-15-4-2-1-3-5-15/h1-8,10,18,21,23,28H,9,11-14H2,(H,27,29)(H,32,33)/t18-,21+,23+/m1/s1. The summed E-state index contributed by atoms with van der Waals surface area (Å²) in [5, 5.41) is 19.3. The lowest BCUT2D eigenvalue weighted by atomic mass is 9.86. The number of rotatable bonds is 5. The molecule has 0 spiro atoms. The number of amides is 1. The van der Waals surface area contributed by atoms with Gasteiger partial charge < -0.3 is 10.4 Å². The van der Waals surface area contributed by atoms with Crippen molar-refractivity contribution in [2.45, 2.75) is 44.2 Å². The molecule has 1 fully saturated rings. The fourth-order valence-corrected chi connectivity index (χ4v) is 5.18. The topological polar surface area (TPSA) is 84.5 Å². The maximum absolute atomic E-state index is 14.9. The molecule has 0 radical (unpaired) electrons. The van der Waals surface area contributed by atoms with Crippen molar-refractivity contribution in [1.82, 2.24) is 25.3 Å². The lowest BCUT2D eigenvalue weighted by Gasteiger charge is -2.47. The van der Waals surface area contributed by atoms with Crippen LogP contribution in [0.5, 0.6) is 0 Å². The molecule has 0 saturated carbocycles. The number of hydrogen-bond acceptors (Lipinski definition) is 4. The summed E-state index contributed by atoms with van der Waals surface area (Å²) in [7, 11) is 0. The van der Waals surface area contributed by atoms with Crippen molar-refractivity contribution >= 4 is 6.09 Å². The van der Waals surface area contributed by atoms with E-state index < -0.39 is 29.8 Å². The molecule has 2 aliphatic rings. The number of carbonyl (C=O) groups is 1. The van der Waals surface area contributed by atoms with Crippen LogP contribution in [0.3, 0.4) is 0 Å². The van der Waals surface area contributed by atoms with Crippen molar-refractivity contribution in [3.05, 3.63) is 88.7 Å². The molecule has 0 bridgehead atoms. The van der Waals surface area contributed by atoms with E-state index in [1.54, 1.807) is 0 Å². The van der Waals surface area contributed by atoms with Crippen LogP contribution in [0.15, 0.2) is 54.7 Å². The van der Waals surface area contributed by atoms with Crippen LogP contribution in [0.4, 0.5) is 13.6 Å². The first-order valence-corrected chi connectivity index (χ1v) is 11.0. The number of piperidine rings is 1. The maximum Gasteiger partial charge on any atom is 0.404 e. The van der Waals surface area contributed by atoms with E-state index in [-0.39, 0.29) is 11.6 Å². The van der Waals surface area contributed by atoms with Crippen molar-refractivity contribution < 1.29 is 18.7 Å². The van der Waals surface area contributed by atoms with Gasteiger partial charge in [-0.25, -0.2) is 13.6 Å². The van der Waals surface area contributed by atoms with Gasteiger partial charge in [0.15, 0.2) is 0 Å². The number of hydrogen-bond donors (Lipinski definition) is 3. The number of aromatic amines is 1. The Hall–Kier alpha value is -3.30. The highest BCUT2D eigenvalue weighted by atomic mass is 19.1. The predicted molar refractivity (Wildman–Crippen MR) is 117 cm³/mol. The van der Waals surface area contributed by atoms with Gasteiger partial charge in [0.2, 0.25) is 0 Å². The van der Waals surface area contributed by atoms with Crippen molar-refractivity contribution in [3.8, 4) is 0 Å². The van der Waals surface area contributed by atoms with Crippen LogP contribution in [0.25, 0.3) is 0 Å². The number of fused-ring (bicyclic) bond motifs is 1. The summed E-state index contributed by atoms with van der Waals surface area (Å²) in [6.07, 6.45) is 1.12. The minimum Gasteiger partial charge on any atom is -0.465 e. The van der Waals surface area contributed by atoms with Gasteiger partial charge in [-0.3, -0.25) is 14.9 Å². The summed E-state index contributed by atoms with van der Waals surface area (Å²) in [5.41, 5.74) is 3.38. The average molecular weight is 453 g/mol. The zero-order valence-electron chi connectivity index (χ0n) is 17.9. The highest BCUT2D eigenvalue weighted by Crippen LogP contribution is 2.37. The molecular weight excluding hydrogens is 428 g/mol. The molecule has 9 heteroatoms. The number of halogens is 2. The molecule has 1 saturated heterocycles. The number of nitrogens with one attached hydrogen (secondary N) is 2. The van der Waals surface area contributed by atoms with Gasteiger partial charge in [0, 0.05) is 43.3 Å².